The maximum atomic E-state index is 12.0. The Hall–Kier alpha value is -0.530. The largest absolute Gasteiger partial charge is 0.466 e. The maximum Gasteiger partial charge on any atom is 0.305 e. The third-order valence-electron chi connectivity index (χ3n) is 12.7. The van der Waals surface area contributed by atoms with Crippen LogP contribution in [-0.4, -0.2) is 12.6 Å². The fourth-order valence-electron chi connectivity index (χ4n) is 8.73. The average Bonchev–Trinajstić information content (AvgIpc) is 3.20. The SMILES string of the molecule is CCCCCCCCCCCCCCCCCCCCCCCCCCCCCCCCCCCCCCCC(=O)OCCCCCCCCCCCCCC. The summed E-state index contributed by atoms with van der Waals surface area (Å²) < 4.78 is 5.47. The molecule has 0 aromatic rings. The molecule has 0 aliphatic heterocycles. The molecule has 0 radical (unpaired) electrons. The van der Waals surface area contributed by atoms with Crippen LogP contribution in [0.15, 0.2) is 0 Å². The van der Waals surface area contributed by atoms with Crippen molar-refractivity contribution in [2.24, 2.45) is 0 Å². The minimum Gasteiger partial charge on any atom is -0.466 e. The fourth-order valence-corrected chi connectivity index (χ4v) is 8.73. The van der Waals surface area contributed by atoms with E-state index in [9.17, 15) is 4.79 Å². The molecular weight excluding hydrogens is 681 g/mol. The first-order valence-corrected chi connectivity index (χ1v) is 27.0. The Labute approximate surface area is 355 Å². The number of hydrogen-bond donors (Lipinski definition) is 0. The highest BCUT2D eigenvalue weighted by Crippen LogP contribution is 2.18. The molecule has 2 heteroatoms. The molecule has 0 aliphatic rings. The van der Waals surface area contributed by atoms with Gasteiger partial charge in [0.05, 0.1) is 6.61 Å². The summed E-state index contributed by atoms with van der Waals surface area (Å²) in [5, 5.41) is 0. The molecule has 0 rings (SSSR count). The molecule has 0 saturated heterocycles. The predicted octanol–water partition coefficient (Wildman–Crippen LogP) is 20.1. The molecule has 0 saturated carbocycles. The van der Waals surface area contributed by atoms with Gasteiger partial charge in [-0.25, -0.2) is 0 Å². The van der Waals surface area contributed by atoms with E-state index < -0.39 is 0 Å². The minimum absolute atomic E-state index is 0.0318. The molecule has 0 N–H and O–H groups in total. The smallest absolute Gasteiger partial charge is 0.305 e. The number of ether oxygens (including phenoxy) is 1. The summed E-state index contributed by atoms with van der Waals surface area (Å²) in [5.74, 6) is 0.0318. The Morgan fingerprint density at radius 3 is 0.589 bits per heavy atom. The van der Waals surface area contributed by atoms with Crippen molar-refractivity contribution >= 4 is 5.97 Å². The maximum absolute atomic E-state index is 12.0. The Morgan fingerprint density at radius 1 is 0.232 bits per heavy atom. The van der Waals surface area contributed by atoms with Crippen LogP contribution in [0.1, 0.15) is 335 Å². The van der Waals surface area contributed by atoms with Gasteiger partial charge in [0.15, 0.2) is 0 Å². The zero-order valence-electron chi connectivity index (χ0n) is 39.4. The molecule has 0 atom stereocenters. The number of esters is 1. The number of rotatable bonds is 51. The second-order valence-corrected chi connectivity index (χ2v) is 18.6. The fraction of sp³-hybridized carbons (Fsp3) is 0.981. The first-order chi connectivity index (χ1) is 27.8. The van der Waals surface area contributed by atoms with E-state index in [1.165, 1.54) is 302 Å². The van der Waals surface area contributed by atoms with E-state index in [1.807, 2.05) is 0 Å². The monoisotopic (exact) mass is 789 g/mol. The van der Waals surface area contributed by atoms with Gasteiger partial charge >= 0.3 is 5.97 Å². The summed E-state index contributed by atoms with van der Waals surface area (Å²) in [4.78, 5) is 12.0. The number of hydrogen-bond acceptors (Lipinski definition) is 2. The zero-order chi connectivity index (χ0) is 40.3. The summed E-state index contributed by atoms with van der Waals surface area (Å²) >= 11 is 0. The van der Waals surface area contributed by atoms with Crippen LogP contribution in [0, 0.1) is 0 Å². The molecule has 336 valence electrons. The van der Waals surface area contributed by atoms with Crippen LogP contribution in [0.4, 0.5) is 0 Å². The Morgan fingerprint density at radius 2 is 0.393 bits per heavy atom. The second-order valence-electron chi connectivity index (χ2n) is 18.6. The van der Waals surface area contributed by atoms with Crippen molar-refractivity contribution in [2.45, 2.75) is 335 Å². The summed E-state index contributed by atoms with van der Waals surface area (Å²) in [6.07, 6.45) is 69.9. The third-order valence-corrected chi connectivity index (χ3v) is 12.7. The first kappa shape index (κ1) is 55.5. The molecule has 0 fully saturated rings. The molecule has 0 aliphatic carbocycles. The van der Waals surface area contributed by atoms with Gasteiger partial charge in [-0.05, 0) is 12.8 Å². The highest BCUT2D eigenvalue weighted by atomic mass is 16.5. The zero-order valence-corrected chi connectivity index (χ0v) is 39.4. The van der Waals surface area contributed by atoms with Gasteiger partial charge in [-0.3, -0.25) is 4.79 Å². The van der Waals surface area contributed by atoms with E-state index in [0.29, 0.717) is 13.0 Å². The lowest BCUT2D eigenvalue weighted by atomic mass is 10.0. The van der Waals surface area contributed by atoms with Gasteiger partial charge in [-0.15, -0.1) is 0 Å². The second kappa shape index (κ2) is 52.5. The number of carbonyl (C=O) groups excluding carboxylic acids is 1. The third kappa shape index (κ3) is 51.5. The van der Waals surface area contributed by atoms with Gasteiger partial charge in [0, 0.05) is 6.42 Å². The lowest BCUT2D eigenvalue weighted by molar-refractivity contribution is -0.143. The molecular formula is C54H108O2. The van der Waals surface area contributed by atoms with Gasteiger partial charge in [-0.1, -0.05) is 316 Å². The van der Waals surface area contributed by atoms with Crippen LogP contribution in [0.25, 0.3) is 0 Å². The standard InChI is InChI=1S/C54H108O2/c1-3-5-7-9-11-13-15-17-18-19-20-21-22-23-24-25-26-27-28-29-30-31-32-33-34-35-36-37-38-39-40-41-42-44-46-48-50-52-54(55)56-53-51-49-47-45-43-16-14-12-10-8-6-4-2/h3-53H2,1-2H3. The van der Waals surface area contributed by atoms with E-state index >= 15 is 0 Å². The van der Waals surface area contributed by atoms with E-state index in [4.69, 9.17) is 4.74 Å². The normalized spacial score (nSPS) is 11.5. The highest BCUT2D eigenvalue weighted by Gasteiger charge is 2.03. The van der Waals surface area contributed by atoms with Gasteiger partial charge in [0.25, 0.3) is 0 Å². The van der Waals surface area contributed by atoms with Crippen LogP contribution < -0.4 is 0 Å². The highest BCUT2D eigenvalue weighted by molar-refractivity contribution is 5.69. The van der Waals surface area contributed by atoms with E-state index in [-0.39, 0.29) is 5.97 Å². The number of unbranched alkanes of at least 4 members (excludes halogenated alkanes) is 47. The summed E-state index contributed by atoms with van der Waals surface area (Å²) in [6.45, 7) is 5.23. The molecule has 0 spiro atoms. The van der Waals surface area contributed by atoms with Crippen LogP contribution >= 0.6 is 0 Å². The van der Waals surface area contributed by atoms with Crippen molar-refractivity contribution in [2.75, 3.05) is 6.61 Å². The molecule has 0 heterocycles. The van der Waals surface area contributed by atoms with Crippen LogP contribution in [0.5, 0.6) is 0 Å². The van der Waals surface area contributed by atoms with Crippen molar-refractivity contribution in [1.82, 2.24) is 0 Å². The van der Waals surface area contributed by atoms with Gasteiger partial charge < -0.3 is 4.74 Å². The van der Waals surface area contributed by atoms with Crippen molar-refractivity contribution in [3.8, 4) is 0 Å². The molecule has 0 bridgehead atoms. The van der Waals surface area contributed by atoms with Crippen LogP contribution in [0.3, 0.4) is 0 Å². The van der Waals surface area contributed by atoms with E-state index in [0.717, 1.165) is 12.8 Å². The number of carbonyl (C=O) groups is 1. The van der Waals surface area contributed by atoms with E-state index in [2.05, 4.69) is 13.8 Å². The Bertz CT molecular complexity index is 688. The van der Waals surface area contributed by atoms with Crippen molar-refractivity contribution in [1.29, 1.82) is 0 Å². The van der Waals surface area contributed by atoms with Gasteiger partial charge in [0.1, 0.15) is 0 Å². The quantitative estimate of drug-likeness (QED) is 0.0453. The Kier molecular flexibility index (Phi) is 52.0. The molecule has 2 nitrogen and oxygen atoms in total. The topological polar surface area (TPSA) is 26.3 Å². The minimum atomic E-state index is 0.0318. The van der Waals surface area contributed by atoms with Gasteiger partial charge in [-0.2, -0.15) is 0 Å². The average molecular weight is 789 g/mol. The Balaban J connectivity index is 3.12. The van der Waals surface area contributed by atoms with Crippen LogP contribution in [0.2, 0.25) is 0 Å². The van der Waals surface area contributed by atoms with E-state index in [1.54, 1.807) is 0 Å². The van der Waals surface area contributed by atoms with Crippen LogP contribution in [-0.2, 0) is 9.53 Å². The molecule has 0 amide bonds. The summed E-state index contributed by atoms with van der Waals surface area (Å²) in [6, 6.07) is 0. The first-order valence-electron chi connectivity index (χ1n) is 27.0. The van der Waals surface area contributed by atoms with Crippen molar-refractivity contribution in [3.63, 3.8) is 0 Å². The molecule has 0 aromatic heterocycles. The molecule has 0 aromatic carbocycles. The lowest BCUT2D eigenvalue weighted by Gasteiger charge is -2.06. The predicted molar refractivity (Wildman–Crippen MR) is 253 cm³/mol. The lowest BCUT2D eigenvalue weighted by Crippen LogP contribution is -2.05. The molecule has 0 unspecified atom stereocenters. The van der Waals surface area contributed by atoms with Crippen molar-refractivity contribution < 1.29 is 9.53 Å². The summed E-state index contributed by atoms with van der Waals surface area (Å²) in [7, 11) is 0. The molecule has 56 heavy (non-hydrogen) atoms. The summed E-state index contributed by atoms with van der Waals surface area (Å²) in [5.41, 5.74) is 0. The van der Waals surface area contributed by atoms with Crippen molar-refractivity contribution in [3.05, 3.63) is 0 Å². The van der Waals surface area contributed by atoms with Gasteiger partial charge in [0.2, 0.25) is 0 Å².